The van der Waals surface area contributed by atoms with Crippen molar-refractivity contribution in [3.8, 4) is 11.7 Å². The lowest BCUT2D eigenvalue weighted by atomic mass is 9.89. The number of benzene rings is 1. The van der Waals surface area contributed by atoms with E-state index in [2.05, 4.69) is 15.3 Å². The van der Waals surface area contributed by atoms with Gasteiger partial charge in [-0.15, -0.1) is 10.2 Å². The van der Waals surface area contributed by atoms with Crippen LogP contribution in [0.15, 0.2) is 48.7 Å². The molecule has 1 fully saturated rings. The molecule has 3 aromatic rings. The van der Waals surface area contributed by atoms with Gasteiger partial charge < -0.3 is 9.64 Å². The van der Waals surface area contributed by atoms with E-state index in [1.807, 2.05) is 30.3 Å². The third-order valence-corrected chi connectivity index (χ3v) is 5.37. The van der Waals surface area contributed by atoms with Crippen LogP contribution in [0.25, 0.3) is 5.82 Å². The zero-order valence-corrected chi connectivity index (χ0v) is 16.7. The molecule has 2 aromatic heterocycles. The van der Waals surface area contributed by atoms with Gasteiger partial charge >= 0.3 is 6.18 Å². The van der Waals surface area contributed by atoms with E-state index in [-0.39, 0.29) is 17.6 Å². The molecule has 31 heavy (non-hydrogen) atoms. The van der Waals surface area contributed by atoms with Gasteiger partial charge in [0.25, 0.3) is 5.91 Å². The summed E-state index contributed by atoms with van der Waals surface area (Å²) in [6, 6.07) is 12.6. The highest BCUT2D eigenvalue weighted by atomic mass is 19.4. The number of amides is 1. The number of carbonyl (C=O) groups excluding carboxylic acids is 1. The molecule has 7 nitrogen and oxygen atoms in total. The standard InChI is InChI=1S/C21H20F3N5O2/c1-31-18-8-7-17(26-27-18)29-19(21(22,23)24)16(13-25-29)20(30)28-11-9-15(10-12-28)14-5-3-2-4-6-14/h2-8,13,15H,9-12H2,1H3. The predicted molar refractivity (Wildman–Crippen MR) is 105 cm³/mol. The first-order chi connectivity index (χ1) is 14.9. The number of nitrogens with zero attached hydrogens (tertiary/aromatic N) is 5. The number of aromatic nitrogens is 4. The quantitative estimate of drug-likeness (QED) is 0.630. The zero-order valence-electron chi connectivity index (χ0n) is 16.7. The fourth-order valence-corrected chi connectivity index (χ4v) is 3.80. The predicted octanol–water partition coefficient (Wildman–Crippen LogP) is 3.71. The van der Waals surface area contributed by atoms with Crippen molar-refractivity contribution in [2.75, 3.05) is 20.2 Å². The molecule has 0 aliphatic carbocycles. The summed E-state index contributed by atoms with van der Waals surface area (Å²) in [5.74, 6) is -0.409. The van der Waals surface area contributed by atoms with Crippen LogP contribution in [0.4, 0.5) is 13.2 Å². The maximum absolute atomic E-state index is 13.9. The van der Waals surface area contributed by atoms with Crippen LogP contribution in [0.5, 0.6) is 5.88 Å². The molecule has 1 aromatic carbocycles. The summed E-state index contributed by atoms with van der Waals surface area (Å²) in [6.45, 7) is 0.756. The number of hydrogen-bond donors (Lipinski definition) is 0. The normalized spacial score (nSPS) is 15.2. The summed E-state index contributed by atoms with van der Waals surface area (Å²) in [7, 11) is 1.37. The van der Waals surface area contributed by atoms with Crippen LogP contribution in [-0.2, 0) is 6.18 Å². The highest BCUT2D eigenvalue weighted by molar-refractivity contribution is 5.95. The lowest BCUT2D eigenvalue weighted by Crippen LogP contribution is -2.38. The van der Waals surface area contributed by atoms with Gasteiger partial charge in [0.15, 0.2) is 11.5 Å². The van der Waals surface area contributed by atoms with Crippen LogP contribution in [0, 0.1) is 0 Å². The molecule has 3 heterocycles. The number of halogens is 3. The summed E-state index contributed by atoms with van der Waals surface area (Å²) in [5.41, 5.74) is -0.484. The lowest BCUT2D eigenvalue weighted by Gasteiger charge is -2.32. The van der Waals surface area contributed by atoms with Crippen molar-refractivity contribution >= 4 is 5.91 Å². The molecule has 162 valence electrons. The lowest BCUT2D eigenvalue weighted by molar-refractivity contribution is -0.143. The number of piperidine rings is 1. The van der Waals surface area contributed by atoms with Crippen molar-refractivity contribution in [1.29, 1.82) is 0 Å². The van der Waals surface area contributed by atoms with Crippen molar-refractivity contribution < 1.29 is 22.7 Å². The van der Waals surface area contributed by atoms with E-state index in [0.29, 0.717) is 30.6 Å². The average Bonchev–Trinajstić information content (AvgIpc) is 3.25. The minimum atomic E-state index is -4.80. The molecule has 1 saturated heterocycles. The second-order valence-electron chi connectivity index (χ2n) is 7.23. The van der Waals surface area contributed by atoms with E-state index < -0.39 is 23.3 Å². The van der Waals surface area contributed by atoms with Gasteiger partial charge in [-0.25, -0.2) is 4.68 Å². The fraction of sp³-hybridized carbons (Fsp3) is 0.333. The van der Waals surface area contributed by atoms with E-state index >= 15 is 0 Å². The van der Waals surface area contributed by atoms with Gasteiger partial charge in [-0.3, -0.25) is 4.79 Å². The molecule has 0 N–H and O–H groups in total. The van der Waals surface area contributed by atoms with Gasteiger partial charge in [0.1, 0.15) is 0 Å². The Morgan fingerprint density at radius 3 is 2.35 bits per heavy atom. The third-order valence-electron chi connectivity index (χ3n) is 5.37. The molecule has 0 radical (unpaired) electrons. The number of hydrogen-bond acceptors (Lipinski definition) is 5. The van der Waals surface area contributed by atoms with Crippen molar-refractivity contribution in [3.63, 3.8) is 0 Å². The van der Waals surface area contributed by atoms with Gasteiger partial charge in [0.2, 0.25) is 5.88 Å². The highest BCUT2D eigenvalue weighted by Crippen LogP contribution is 2.35. The zero-order chi connectivity index (χ0) is 22.0. The van der Waals surface area contributed by atoms with Crippen molar-refractivity contribution in [2.24, 2.45) is 0 Å². The molecule has 0 atom stereocenters. The Labute approximate surface area is 176 Å². The van der Waals surface area contributed by atoms with Crippen molar-refractivity contribution in [2.45, 2.75) is 24.9 Å². The molecule has 0 unspecified atom stereocenters. The number of rotatable bonds is 4. The molecule has 1 aliphatic rings. The van der Waals surface area contributed by atoms with Gasteiger partial charge in [-0.1, -0.05) is 30.3 Å². The first kappa shape index (κ1) is 20.8. The number of likely N-dealkylation sites (tertiary alicyclic amines) is 1. The molecule has 0 bridgehead atoms. The molecule has 1 amide bonds. The van der Waals surface area contributed by atoms with E-state index in [1.165, 1.54) is 29.7 Å². The maximum Gasteiger partial charge on any atom is 0.434 e. The first-order valence-corrected chi connectivity index (χ1v) is 9.76. The molecular formula is C21H20F3N5O2. The Hall–Kier alpha value is -3.43. The van der Waals surface area contributed by atoms with Gasteiger partial charge in [-0.2, -0.15) is 18.3 Å². The smallest absolute Gasteiger partial charge is 0.434 e. The number of carbonyl (C=O) groups is 1. The molecule has 4 rings (SSSR count). The summed E-state index contributed by atoms with van der Waals surface area (Å²) in [4.78, 5) is 14.4. The maximum atomic E-state index is 13.9. The molecule has 10 heteroatoms. The van der Waals surface area contributed by atoms with Crippen LogP contribution >= 0.6 is 0 Å². The Bertz CT molecular complexity index is 1040. The number of ether oxygens (including phenoxy) is 1. The monoisotopic (exact) mass is 431 g/mol. The molecule has 0 spiro atoms. The number of methoxy groups -OCH3 is 1. The Balaban J connectivity index is 1.58. The summed E-state index contributed by atoms with van der Waals surface area (Å²) in [6.07, 6.45) is -2.48. The Morgan fingerprint density at radius 1 is 1.06 bits per heavy atom. The first-order valence-electron chi connectivity index (χ1n) is 9.76. The van der Waals surface area contributed by atoms with Gasteiger partial charge in [-0.05, 0) is 30.4 Å². The average molecular weight is 431 g/mol. The third kappa shape index (κ3) is 4.23. The second-order valence-corrected chi connectivity index (χ2v) is 7.23. The van der Waals surface area contributed by atoms with Gasteiger partial charge in [0.05, 0.1) is 18.9 Å². The SMILES string of the molecule is COc1ccc(-n2ncc(C(=O)N3CCC(c4ccccc4)CC3)c2C(F)(F)F)nn1. The molecular weight excluding hydrogens is 411 g/mol. The summed E-state index contributed by atoms with van der Waals surface area (Å²) < 4.78 is 47.1. The minimum Gasteiger partial charge on any atom is -0.480 e. The molecule has 1 aliphatic heterocycles. The second kappa shape index (κ2) is 8.37. The van der Waals surface area contributed by atoms with Crippen molar-refractivity contribution in [3.05, 3.63) is 65.5 Å². The van der Waals surface area contributed by atoms with E-state index in [9.17, 15) is 18.0 Å². The Morgan fingerprint density at radius 2 is 1.77 bits per heavy atom. The summed E-state index contributed by atoms with van der Waals surface area (Å²) >= 11 is 0. The van der Waals surface area contributed by atoms with E-state index in [0.717, 1.165) is 6.20 Å². The topological polar surface area (TPSA) is 73.1 Å². The Kier molecular flexibility index (Phi) is 5.62. The van der Waals surface area contributed by atoms with Crippen molar-refractivity contribution in [1.82, 2.24) is 24.9 Å². The van der Waals surface area contributed by atoms with Gasteiger partial charge in [0, 0.05) is 19.2 Å². The van der Waals surface area contributed by atoms with Crippen LogP contribution in [-0.4, -0.2) is 51.0 Å². The summed E-state index contributed by atoms with van der Waals surface area (Å²) in [5, 5.41) is 11.2. The fourth-order valence-electron chi connectivity index (χ4n) is 3.80. The van der Waals surface area contributed by atoms with E-state index in [1.54, 1.807) is 0 Å². The van der Waals surface area contributed by atoms with Crippen LogP contribution < -0.4 is 4.74 Å². The highest BCUT2D eigenvalue weighted by Gasteiger charge is 2.42. The van der Waals surface area contributed by atoms with E-state index in [4.69, 9.17) is 4.74 Å². The van der Waals surface area contributed by atoms with Crippen LogP contribution in [0.2, 0.25) is 0 Å². The van der Waals surface area contributed by atoms with Crippen LogP contribution in [0.1, 0.15) is 40.4 Å². The van der Waals surface area contributed by atoms with Crippen LogP contribution in [0.3, 0.4) is 0 Å². The minimum absolute atomic E-state index is 0.155. The number of alkyl halides is 3. The largest absolute Gasteiger partial charge is 0.480 e. The molecule has 0 saturated carbocycles.